The summed E-state index contributed by atoms with van der Waals surface area (Å²) in [5.41, 5.74) is 0. The van der Waals surface area contributed by atoms with Crippen LogP contribution in [0.2, 0.25) is 0 Å². The van der Waals surface area contributed by atoms with Gasteiger partial charge in [0, 0.05) is 6.54 Å². The molecule has 0 aliphatic heterocycles. The summed E-state index contributed by atoms with van der Waals surface area (Å²) < 4.78 is 0. The fraction of sp³-hybridized carbons (Fsp3) is 0.857. The molecule has 90 valence electrons. The average molecular weight is 221 g/mol. The van der Waals surface area contributed by atoms with E-state index in [1.54, 1.807) is 0 Å². The van der Waals surface area contributed by atoms with E-state index in [0.29, 0.717) is 5.92 Å². The molecule has 0 amide bonds. The van der Waals surface area contributed by atoms with Crippen molar-refractivity contribution in [1.82, 2.24) is 5.32 Å². The molecule has 2 N–H and O–H groups in total. The van der Waals surface area contributed by atoms with Crippen molar-refractivity contribution in [2.45, 2.75) is 38.2 Å². The molecule has 3 aliphatic rings. The number of aliphatic hydroxyl groups is 1. The summed E-state index contributed by atoms with van der Waals surface area (Å²) >= 11 is 0. The van der Waals surface area contributed by atoms with E-state index in [4.69, 9.17) is 0 Å². The summed E-state index contributed by atoms with van der Waals surface area (Å²) in [4.78, 5) is 0. The van der Waals surface area contributed by atoms with Crippen molar-refractivity contribution < 1.29 is 5.11 Å². The van der Waals surface area contributed by atoms with Crippen LogP contribution in [0.25, 0.3) is 0 Å². The van der Waals surface area contributed by atoms with Gasteiger partial charge in [-0.2, -0.15) is 0 Å². The highest BCUT2D eigenvalue weighted by Gasteiger charge is 2.35. The highest BCUT2D eigenvalue weighted by molar-refractivity contribution is 5.10. The zero-order valence-corrected chi connectivity index (χ0v) is 9.94. The number of hydrogen-bond donors (Lipinski definition) is 2. The van der Waals surface area contributed by atoms with Crippen LogP contribution in [-0.2, 0) is 0 Å². The molecule has 3 rings (SSSR count). The third kappa shape index (κ3) is 2.05. The molecule has 2 saturated carbocycles. The first kappa shape index (κ1) is 10.8. The summed E-state index contributed by atoms with van der Waals surface area (Å²) in [5.74, 6) is 3.13. The van der Waals surface area contributed by atoms with E-state index < -0.39 is 0 Å². The Kier molecular flexibility index (Phi) is 3.03. The van der Waals surface area contributed by atoms with Crippen molar-refractivity contribution in [2.24, 2.45) is 23.7 Å². The van der Waals surface area contributed by atoms with Gasteiger partial charge in [-0.15, -0.1) is 0 Å². The first-order chi connectivity index (χ1) is 7.83. The second-order valence-corrected chi connectivity index (χ2v) is 5.96. The summed E-state index contributed by atoms with van der Waals surface area (Å²) in [5, 5.41) is 13.3. The minimum absolute atomic E-state index is 0.0348. The maximum atomic E-state index is 9.73. The predicted octanol–water partition coefficient (Wildman–Crippen LogP) is 1.95. The van der Waals surface area contributed by atoms with Crippen LogP contribution in [0.1, 0.15) is 32.1 Å². The lowest BCUT2D eigenvalue weighted by molar-refractivity contribution is 0.130. The summed E-state index contributed by atoms with van der Waals surface area (Å²) in [6.07, 6.45) is 11.0. The molecule has 0 aromatic rings. The fourth-order valence-corrected chi connectivity index (χ4v) is 3.84. The Balaban J connectivity index is 1.39. The molecule has 5 atom stereocenters. The van der Waals surface area contributed by atoms with Crippen LogP contribution in [0.15, 0.2) is 12.2 Å². The molecular weight excluding hydrogens is 198 g/mol. The van der Waals surface area contributed by atoms with E-state index in [1.165, 1.54) is 25.7 Å². The van der Waals surface area contributed by atoms with Crippen LogP contribution in [0.4, 0.5) is 0 Å². The van der Waals surface area contributed by atoms with Crippen molar-refractivity contribution in [3.05, 3.63) is 12.2 Å². The molecule has 2 heteroatoms. The van der Waals surface area contributed by atoms with Gasteiger partial charge in [0.2, 0.25) is 0 Å². The first-order valence-corrected chi connectivity index (χ1v) is 6.90. The summed E-state index contributed by atoms with van der Waals surface area (Å²) in [7, 11) is 0. The molecular formula is C14H23NO. The molecule has 5 unspecified atom stereocenters. The van der Waals surface area contributed by atoms with Crippen molar-refractivity contribution in [3.63, 3.8) is 0 Å². The van der Waals surface area contributed by atoms with Crippen LogP contribution in [-0.4, -0.2) is 24.3 Å². The van der Waals surface area contributed by atoms with Crippen LogP contribution in [0.3, 0.4) is 0 Å². The van der Waals surface area contributed by atoms with Crippen LogP contribution in [0.5, 0.6) is 0 Å². The Morgan fingerprint density at radius 2 is 1.94 bits per heavy atom. The second kappa shape index (κ2) is 4.50. The second-order valence-electron chi connectivity index (χ2n) is 5.96. The Hall–Kier alpha value is -0.340. The number of nitrogens with one attached hydrogen (secondary N) is 1. The molecule has 3 aliphatic carbocycles. The van der Waals surface area contributed by atoms with E-state index in [0.717, 1.165) is 37.3 Å². The van der Waals surface area contributed by atoms with Crippen molar-refractivity contribution >= 4 is 0 Å². The van der Waals surface area contributed by atoms with Gasteiger partial charge in [0.25, 0.3) is 0 Å². The van der Waals surface area contributed by atoms with Gasteiger partial charge in [0.1, 0.15) is 0 Å². The zero-order chi connectivity index (χ0) is 11.0. The van der Waals surface area contributed by atoms with Gasteiger partial charge in [-0.25, -0.2) is 0 Å². The van der Waals surface area contributed by atoms with Crippen molar-refractivity contribution in [1.29, 1.82) is 0 Å². The number of aliphatic hydroxyl groups excluding tert-OH is 1. The third-order valence-corrected chi connectivity index (χ3v) is 4.85. The van der Waals surface area contributed by atoms with Crippen molar-refractivity contribution in [2.75, 3.05) is 13.1 Å². The Morgan fingerprint density at radius 1 is 1.06 bits per heavy atom. The van der Waals surface area contributed by atoms with Gasteiger partial charge in [-0.3, -0.25) is 0 Å². The molecule has 2 nitrogen and oxygen atoms in total. The average Bonchev–Trinajstić information content (AvgIpc) is 2.96. The lowest BCUT2D eigenvalue weighted by Gasteiger charge is -2.21. The van der Waals surface area contributed by atoms with Gasteiger partial charge >= 0.3 is 0 Å². The SMILES string of the molecule is OC1CCCC1CNCC1CC2C=CC1C2. The van der Waals surface area contributed by atoms with Gasteiger partial charge in [-0.05, 0) is 55.9 Å². The maximum absolute atomic E-state index is 9.73. The van der Waals surface area contributed by atoms with Gasteiger partial charge in [-0.1, -0.05) is 18.6 Å². The van der Waals surface area contributed by atoms with Crippen LogP contribution < -0.4 is 5.32 Å². The highest BCUT2D eigenvalue weighted by Crippen LogP contribution is 2.42. The zero-order valence-electron chi connectivity index (χ0n) is 9.94. The molecule has 0 radical (unpaired) electrons. The van der Waals surface area contributed by atoms with Crippen LogP contribution >= 0.6 is 0 Å². The topological polar surface area (TPSA) is 32.3 Å². The standard InChI is InChI=1S/C14H23NO/c16-14-3-1-2-12(14)8-15-9-13-7-10-4-5-11(13)6-10/h4-5,10-16H,1-3,6-9H2. The van der Waals surface area contributed by atoms with Gasteiger partial charge in [0.15, 0.2) is 0 Å². The largest absolute Gasteiger partial charge is 0.393 e. The minimum atomic E-state index is -0.0348. The molecule has 0 heterocycles. The summed E-state index contributed by atoms with van der Waals surface area (Å²) in [6.45, 7) is 2.19. The molecule has 0 aromatic carbocycles. The predicted molar refractivity (Wildman–Crippen MR) is 65.1 cm³/mol. The number of rotatable bonds is 4. The number of hydrogen-bond acceptors (Lipinski definition) is 2. The summed E-state index contributed by atoms with van der Waals surface area (Å²) in [6, 6.07) is 0. The van der Waals surface area contributed by atoms with E-state index in [-0.39, 0.29) is 6.10 Å². The number of allylic oxidation sites excluding steroid dienone is 2. The highest BCUT2D eigenvalue weighted by atomic mass is 16.3. The van der Waals surface area contributed by atoms with Gasteiger partial charge < -0.3 is 10.4 Å². The molecule has 0 spiro atoms. The van der Waals surface area contributed by atoms with E-state index in [1.807, 2.05) is 0 Å². The molecule has 2 bridgehead atoms. The van der Waals surface area contributed by atoms with E-state index >= 15 is 0 Å². The van der Waals surface area contributed by atoms with E-state index in [2.05, 4.69) is 17.5 Å². The van der Waals surface area contributed by atoms with Gasteiger partial charge in [0.05, 0.1) is 6.10 Å². The Bertz CT molecular complexity index is 276. The molecule has 0 saturated heterocycles. The monoisotopic (exact) mass is 221 g/mol. The quantitative estimate of drug-likeness (QED) is 0.711. The first-order valence-electron chi connectivity index (χ1n) is 6.90. The normalized spacial score (nSPS) is 45.7. The molecule has 2 fully saturated rings. The molecule has 0 aromatic heterocycles. The Labute approximate surface area is 98.1 Å². The smallest absolute Gasteiger partial charge is 0.0580 e. The number of fused-ring (bicyclic) bond motifs is 2. The third-order valence-electron chi connectivity index (χ3n) is 4.85. The fourth-order valence-electron chi connectivity index (χ4n) is 3.84. The van der Waals surface area contributed by atoms with Crippen molar-refractivity contribution in [3.8, 4) is 0 Å². The lowest BCUT2D eigenvalue weighted by Crippen LogP contribution is -2.32. The molecule has 16 heavy (non-hydrogen) atoms. The maximum Gasteiger partial charge on any atom is 0.0580 e. The van der Waals surface area contributed by atoms with Crippen LogP contribution in [0, 0.1) is 23.7 Å². The Morgan fingerprint density at radius 3 is 2.56 bits per heavy atom. The lowest BCUT2D eigenvalue weighted by atomic mass is 9.93. The minimum Gasteiger partial charge on any atom is -0.393 e. The van der Waals surface area contributed by atoms with E-state index in [9.17, 15) is 5.11 Å².